The molecule has 0 atom stereocenters. The van der Waals surface area contributed by atoms with Crippen LogP contribution in [0.3, 0.4) is 0 Å². The molecule has 0 saturated heterocycles. The predicted molar refractivity (Wildman–Crippen MR) is 70.2 cm³/mol. The summed E-state index contributed by atoms with van der Waals surface area (Å²) in [6.07, 6.45) is -4.17. The molecular formula is C12H22N2O6. The van der Waals surface area contributed by atoms with Gasteiger partial charge in [0.05, 0.1) is 21.1 Å². The van der Waals surface area contributed by atoms with Gasteiger partial charge in [0.2, 0.25) is 0 Å². The summed E-state index contributed by atoms with van der Waals surface area (Å²) in [7, 11) is 6.60. The van der Waals surface area contributed by atoms with Gasteiger partial charge in [0.1, 0.15) is 6.54 Å². The minimum Gasteiger partial charge on any atom is -0.652 e. The normalized spacial score (nSPS) is 8.75. The Hall–Kier alpha value is -2.32. The van der Waals surface area contributed by atoms with Crippen molar-refractivity contribution in [3.63, 3.8) is 0 Å². The van der Waals surface area contributed by atoms with Crippen LogP contribution in [0.4, 0.5) is 9.59 Å². The number of carbonyl (C=O) groups is 2. The van der Waals surface area contributed by atoms with Crippen molar-refractivity contribution in [2.45, 2.75) is 6.54 Å². The molecule has 0 aliphatic carbocycles. The first-order valence-corrected chi connectivity index (χ1v) is 5.19. The number of rotatable bonds is 2. The molecule has 0 amide bonds. The largest absolute Gasteiger partial charge is 0.652 e. The van der Waals surface area contributed by atoms with Crippen LogP contribution in [0.1, 0.15) is 5.56 Å². The Balaban J connectivity index is -0.000000272. The molecule has 0 aliphatic heterocycles. The van der Waals surface area contributed by atoms with Crippen LogP contribution in [-0.2, 0) is 6.54 Å². The van der Waals surface area contributed by atoms with E-state index < -0.39 is 12.3 Å². The van der Waals surface area contributed by atoms with Gasteiger partial charge in [-0.2, -0.15) is 0 Å². The summed E-state index contributed by atoms with van der Waals surface area (Å²) in [5, 5.41) is 30.6. The van der Waals surface area contributed by atoms with Crippen molar-refractivity contribution in [2.75, 3.05) is 21.1 Å². The number of carbonyl (C=O) groups excluding carboxylic acids is 1. The minimum atomic E-state index is -2.33. The molecule has 0 saturated carbocycles. The third-order valence-electron chi connectivity index (χ3n) is 1.50. The lowest BCUT2D eigenvalue weighted by Crippen LogP contribution is -2.37. The lowest BCUT2D eigenvalue weighted by Gasteiger charge is -2.23. The molecule has 116 valence electrons. The van der Waals surface area contributed by atoms with E-state index in [1.165, 1.54) is 5.56 Å². The van der Waals surface area contributed by atoms with E-state index in [1.807, 2.05) is 0 Å². The average molecular weight is 290 g/mol. The highest BCUT2D eigenvalue weighted by Crippen LogP contribution is 2.05. The first kappa shape index (κ1) is 22.8. The molecular weight excluding hydrogens is 268 g/mol. The first-order valence-electron chi connectivity index (χ1n) is 5.19. The highest BCUT2D eigenvalue weighted by atomic mass is 16.6. The van der Waals surface area contributed by atoms with Gasteiger partial charge in [-0.05, 0) is 6.16 Å². The Labute approximate surface area is 117 Å². The topological polar surface area (TPSA) is 157 Å². The summed E-state index contributed by atoms with van der Waals surface area (Å²) in [5.74, 6) is 0. The fraction of sp³-hybridized carbons (Fsp3) is 0.333. The molecule has 0 aromatic heterocycles. The molecule has 20 heavy (non-hydrogen) atoms. The van der Waals surface area contributed by atoms with Crippen LogP contribution < -0.4 is 16.4 Å². The third-order valence-corrected chi connectivity index (χ3v) is 1.50. The number of quaternary nitrogens is 2. The Kier molecular flexibility index (Phi) is 13.4. The molecule has 1 aromatic carbocycles. The molecule has 8 nitrogen and oxygen atoms in total. The van der Waals surface area contributed by atoms with Gasteiger partial charge < -0.3 is 35.9 Å². The van der Waals surface area contributed by atoms with E-state index in [0.29, 0.717) is 0 Å². The SMILES string of the molecule is C[N+](C)(C)Cc1ccccc1.O=C(O)O.O=C([O-])[O-].[NH4+]. The van der Waals surface area contributed by atoms with Crippen LogP contribution in [0.5, 0.6) is 0 Å². The lowest BCUT2D eigenvalue weighted by molar-refractivity contribution is -0.884. The zero-order chi connectivity index (χ0) is 15.5. The molecule has 0 bridgehead atoms. The fourth-order valence-electron chi connectivity index (χ4n) is 1.13. The second-order valence-electron chi connectivity index (χ2n) is 4.47. The highest BCUT2D eigenvalue weighted by Gasteiger charge is 2.06. The van der Waals surface area contributed by atoms with E-state index >= 15 is 0 Å². The lowest BCUT2D eigenvalue weighted by atomic mass is 10.2. The first-order chi connectivity index (χ1) is 8.54. The Morgan fingerprint density at radius 2 is 1.35 bits per heavy atom. The number of hydrogen-bond donors (Lipinski definition) is 3. The summed E-state index contributed by atoms with van der Waals surface area (Å²) in [4.78, 5) is 16.9. The van der Waals surface area contributed by atoms with Crippen LogP contribution in [0, 0.1) is 0 Å². The number of nitrogens with zero attached hydrogens (tertiary/aromatic N) is 1. The van der Waals surface area contributed by atoms with Gasteiger partial charge >= 0.3 is 6.16 Å². The Morgan fingerprint density at radius 3 is 1.60 bits per heavy atom. The predicted octanol–water partition coefficient (Wildman–Crippen LogP) is 0.0444. The zero-order valence-corrected chi connectivity index (χ0v) is 12.1. The van der Waals surface area contributed by atoms with E-state index in [4.69, 9.17) is 30.0 Å². The van der Waals surface area contributed by atoms with E-state index in [-0.39, 0.29) is 6.15 Å². The van der Waals surface area contributed by atoms with Crippen molar-refractivity contribution in [1.29, 1.82) is 0 Å². The van der Waals surface area contributed by atoms with Crippen LogP contribution in [0.15, 0.2) is 30.3 Å². The standard InChI is InChI=1S/C10H16N.2CH2O3.H3N/c1-11(2,3)9-10-7-5-4-6-8-10;2*2-1(3)4;/h4-8H,9H2,1-3H3;2*(H2,2,3,4);1H3/q+1;;;/p-1. The van der Waals surface area contributed by atoms with Crippen molar-refractivity contribution < 1.29 is 34.5 Å². The van der Waals surface area contributed by atoms with Gasteiger partial charge in [-0.3, -0.25) is 0 Å². The van der Waals surface area contributed by atoms with Gasteiger partial charge in [0.25, 0.3) is 0 Å². The van der Waals surface area contributed by atoms with E-state index in [9.17, 15) is 0 Å². The summed E-state index contributed by atoms with van der Waals surface area (Å²) in [5.41, 5.74) is 1.40. The molecule has 6 N–H and O–H groups in total. The second kappa shape index (κ2) is 11.8. The molecule has 0 heterocycles. The van der Waals surface area contributed by atoms with Gasteiger partial charge in [-0.25, -0.2) is 4.79 Å². The molecule has 0 radical (unpaired) electrons. The van der Waals surface area contributed by atoms with Crippen molar-refractivity contribution in [2.24, 2.45) is 0 Å². The molecule has 0 aliphatic rings. The third kappa shape index (κ3) is 29.6. The Bertz CT molecular complexity index is 355. The van der Waals surface area contributed by atoms with Crippen molar-refractivity contribution in [3.8, 4) is 0 Å². The average Bonchev–Trinajstić information content (AvgIpc) is 2.14. The van der Waals surface area contributed by atoms with Gasteiger partial charge in [-0.15, -0.1) is 0 Å². The van der Waals surface area contributed by atoms with Crippen LogP contribution in [-0.4, -0.2) is 48.1 Å². The minimum absolute atomic E-state index is 0. The van der Waals surface area contributed by atoms with Crippen molar-refractivity contribution >= 4 is 12.3 Å². The summed E-state index contributed by atoms with van der Waals surface area (Å²) in [6, 6.07) is 10.6. The molecule has 0 spiro atoms. The smallest absolute Gasteiger partial charge is 0.503 e. The van der Waals surface area contributed by atoms with Gasteiger partial charge in [0.15, 0.2) is 0 Å². The van der Waals surface area contributed by atoms with E-state index in [2.05, 4.69) is 51.5 Å². The number of carboxylic acid groups (broad SMARTS) is 4. The molecule has 0 fully saturated rings. The zero-order valence-electron chi connectivity index (χ0n) is 12.1. The quantitative estimate of drug-likeness (QED) is 0.652. The van der Waals surface area contributed by atoms with Crippen LogP contribution >= 0.6 is 0 Å². The molecule has 1 aromatic rings. The van der Waals surface area contributed by atoms with E-state index in [0.717, 1.165) is 11.0 Å². The Morgan fingerprint density at radius 1 is 1.05 bits per heavy atom. The number of hydrogen-bond acceptors (Lipinski definition) is 4. The molecule has 0 unspecified atom stereocenters. The van der Waals surface area contributed by atoms with Crippen LogP contribution in [0.25, 0.3) is 0 Å². The van der Waals surface area contributed by atoms with Crippen molar-refractivity contribution in [3.05, 3.63) is 35.9 Å². The van der Waals surface area contributed by atoms with Crippen molar-refractivity contribution in [1.82, 2.24) is 6.15 Å². The highest BCUT2D eigenvalue weighted by molar-refractivity contribution is 5.53. The molecule has 8 heteroatoms. The van der Waals surface area contributed by atoms with Gasteiger partial charge in [0, 0.05) is 5.56 Å². The number of benzene rings is 1. The maximum atomic E-state index is 8.56. The van der Waals surface area contributed by atoms with Gasteiger partial charge in [-0.1, -0.05) is 30.3 Å². The summed E-state index contributed by atoms with van der Waals surface area (Å²) >= 11 is 0. The summed E-state index contributed by atoms with van der Waals surface area (Å²) in [6.45, 7) is 1.10. The second-order valence-corrected chi connectivity index (χ2v) is 4.47. The maximum absolute atomic E-state index is 8.56. The summed E-state index contributed by atoms with van der Waals surface area (Å²) < 4.78 is 0.990. The maximum Gasteiger partial charge on any atom is 0.503 e. The monoisotopic (exact) mass is 290 g/mol. The fourth-order valence-corrected chi connectivity index (χ4v) is 1.13. The molecule has 1 rings (SSSR count). The van der Waals surface area contributed by atoms with Crippen LogP contribution in [0.2, 0.25) is 0 Å². The van der Waals surface area contributed by atoms with E-state index in [1.54, 1.807) is 0 Å².